The maximum absolute atomic E-state index is 12.7. The third-order valence-electron chi connectivity index (χ3n) is 7.61. The average molecular weight is 565 g/mol. The molecule has 5 heterocycles. The van der Waals surface area contributed by atoms with Crippen LogP contribution in [-0.2, 0) is 11.3 Å². The van der Waals surface area contributed by atoms with Crippen LogP contribution in [0.2, 0.25) is 0 Å². The first-order chi connectivity index (χ1) is 20.6. The van der Waals surface area contributed by atoms with Gasteiger partial charge in [-0.2, -0.15) is 4.98 Å². The number of rotatable bonds is 10. The fourth-order valence-electron chi connectivity index (χ4n) is 5.22. The van der Waals surface area contributed by atoms with Crippen molar-refractivity contribution in [3.63, 3.8) is 0 Å². The summed E-state index contributed by atoms with van der Waals surface area (Å²) in [6.07, 6.45) is 5.40. The van der Waals surface area contributed by atoms with E-state index in [9.17, 15) is 4.79 Å². The number of piperidine rings is 1. The first-order valence-corrected chi connectivity index (χ1v) is 14.5. The van der Waals surface area contributed by atoms with Crippen LogP contribution < -0.4 is 21.3 Å². The molecule has 2 aliphatic heterocycles. The molecule has 0 aliphatic carbocycles. The fourth-order valence-corrected chi connectivity index (χ4v) is 5.22. The molecule has 2 fully saturated rings. The van der Waals surface area contributed by atoms with Crippen LogP contribution in [0.4, 0.5) is 23.3 Å². The first kappa shape index (κ1) is 27.7. The minimum atomic E-state index is 0.0684. The summed E-state index contributed by atoms with van der Waals surface area (Å²) < 4.78 is 0. The van der Waals surface area contributed by atoms with Crippen molar-refractivity contribution < 1.29 is 4.79 Å². The lowest BCUT2D eigenvalue weighted by atomic mass is 9.96. The number of carbonyl (C=O) groups excluding carboxylic acids is 1. The highest BCUT2D eigenvalue weighted by molar-refractivity contribution is 5.79. The molecule has 0 radical (unpaired) electrons. The Labute approximate surface area is 245 Å². The molecule has 42 heavy (non-hydrogen) atoms. The first-order valence-electron chi connectivity index (χ1n) is 14.5. The molecule has 6 rings (SSSR count). The van der Waals surface area contributed by atoms with Crippen LogP contribution in [0.15, 0.2) is 67.0 Å². The summed E-state index contributed by atoms with van der Waals surface area (Å²) in [6, 6.07) is 17.6. The molecule has 2 saturated heterocycles. The number of carbonyl (C=O) groups is 1. The summed E-state index contributed by atoms with van der Waals surface area (Å²) in [5.74, 6) is 3.10. The molecule has 11 heteroatoms. The highest BCUT2D eigenvalue weighted by Gasteiger charge is 2.27. The molecular weight excluding hydrogens is 528 g/mol. The number of amides is 1. The van der Waals surface area contributed by atoms with Gasteiger partial charge in [0.2, 0.25) is 11.9 Å². The Hall–Kier alpha value is -4.48. The van der Waals surface area contributed by atoms with Gasteiger partial charge in [0.25, 0.3) is 0 Å². The Kier molecular flexibility index (Phi) is 8.57. The van der Waals surface area contributed by atoms with Crippen LogP contribution >= 0.6 is 0 Å². The van der Waals surface area contributed by atoms with Crippen molar-refractivity contribution in [1.82, 2.24) is 40.5 Å². The molecule has 4 N–H and O–H groups in total. The normalized spacial score (nSPS) is 17.3. The van der Waals surface area contributed by atoms with Gasteiger partial charge in [-0.25, -0.2) is 19.9 Å². The molecule has 1 atom stereocenters. The van der Waals surface area contributed by atoms with Crippen LogP contribution in [0.25, 0.3) is 11.5 Å². The van der Waals surface area contributed by atoms with Gasteiger partial charge in [-0.15, -0.1) is 0 Å². The molecule has 0 saturated carbocycles. The lowest BCUT2D eigenvalue weighted by Crippen LogP contribution is -2.50. The number of anilines is 4. The third kappa shape index (κ3) is 7.23. The second-order valence-electron chi connectivity index (χ2n) is 11.0. The van der Waals surface area contributed by atoms with Gasteiger partial charge in [-0.05, 0) is 68.3 Å². The summed E-state index contributed by atoms with van der Waals surface area (Å²) in [4.78, 5) is 37.5. The molecule has 11 nitrogen and oxygen atoms in total. The predicted molar refractivity (Wildman–Crippen MR) is 162 cm³/mol. The highest BCUT2D eigenvalue weighted by Crippen LogP contribution is 2.22. The number of pyridine rings is 1. The molecule has 1 unspecified atom stereocenters. The molecule has 1 amide bonds. The second kappa shape index (κ2) is 13.0. The molecule has 1 aromatic carbocycles. The predicted octanol–water partition coefficient (Wildman–Crippen LogP) is 3.67. The molecule has 4 aromatic rings. The van der Waals surface area contributed by atoms with Gasteiger partial charge >= 0.3 is 0 Å². The zero-order chi connectivity index (χ0) is 28.7. The van der Waals surface area contributed by atoms with E-state index in [0.717, 1.165) is 69.2 Å². The lowest BCUT2D eigenvalue weighted by molar-refractivity contribution is -0.127. The number of benzene rings is 1. The third-order valence-corrected chi connectivity index (χ3v) is 7.61. The van der Waals surface area contributed by atoms with Gasteiger partial charge in [0.1, 0.15) is 17.3 Å². The Bertz CT molecular complexity index is 1510. The minimum absolute atomic E-state index is 0.0684. The minimum Gasteiger partial charge on any atom is -0.355 e. The summed E-state index contributed by atoms with van der Waals surface area (Å²) in [5.41, 5.74) is 3.73. The van der Waals surface area contributed by atoms with E-state index < -0.39 is 0 Å². The van der Waals surface area contributed by atoms with Crippen LogP contribution in [0.1, 0.15) is 24.1 Å². The molecule has 3 aromatic heterocycles. The van der Waals surface area contributed by atoms with Gasteiger partial charge in [0, 0.05) is 62.4 Å². The summed E-state index contributed by atoms with van der Waals surface area (Å²) in [5, 5.41) is 12.9. The van der Waals surface area contributed by atoms with Gasteiger partial charge in [-0.1, -0.05) is 18.2 Å². The maximum atomic E-state index is 12.7. The van der Waals surface area contributed by atoms with E-state index in [4.69, 9.17) is 0 Å². The van der Waals surface area contributed by atoms with Crippen molar-refractivity contribution in [3.8, 4) is 11.5 Å². The Balaban J connectivity index is 1.02. The number of nitrogens with zero attached hydrogens (tertiary/aromatic N) is 6. The molecular formula is C31H36N10O. The van der Waals surface area contributed by atoms with Crippen molar-refractivity contribution in [2.24, 2.45) is 11.8 Å². The number of aryl methyl sites for hydroxylation is 1. The van der Waals surface area contributed by atoms with E-state index in [1.807, 2.05) is 37.3 Å². The Morgan fingerprint density at radius 2 is 1.76 bits per heavy atom. The number of hydrogen-bond acceptors (Lipinski definition) is 10. The van der Waals surface area contributed by atoms with Crippen molar-refractivity contribution in [2.45, 2.75) is 26.3 Å². The summed E-state index contributed by atoms with van der Waals surface area (Å²) in [7, 11) is 0. The number of likely N-dealkylation sites (tertiary alicyclic amines) is 1. The SMILES string of the molecule is Cc1cccc(-c2nccc(Nc3ccnc(Nc4ccc(CN5CCCC(C(=O)NCC6CNC6)C5)cc4)n3)n2)n1. The highest BCUT2D eigenvalue weighted by atomic mass is 16.1. The van der Waals surface area contributed by atoms with E-state index in [1.54, 1.807) is 24.5 Å². The van der Waals surface area contributed by atoms with Gasteiger partial charge < -0.3 is 21.3 Å². The van der Waals surface area contributed by atoms with E-state index in [2.05, 4.69) is 63.2 Å². The smallest absolute Gasteiger partial charge is 0.229 e. The van der Waals surface area contributed by atoms with Gasteiger partial charge in [0.05, 0.1) is 5.92 Å². The summed E-state index contributed by atoms with van der Waals surface area (Å²) in [6.45, 7) is 7.38. The molecule has 216 valence electrons. The van der Waals surface area contributed by atoms with Crippen LogP contribution in [-0.4, -0.2) is 68.5 Å². The van der Waals surface area contributed by atoms with Crippen LogP contribution in [0.5, 0.6) is 0 Å². The average Bonchev–Trinajstić information content (AvgIpc) is 2.98. The monoisotopic (exact) mass is 564 g/mol. The molecule has 2 aliphatic rings. The zero-order valence-corrected chi connectivity index (χ0v) is 23.8. The Morgan fingerprint density at radius 3 is 2.55 bits per heavy atom. The molecule has 0 spiro atoms. The van der Waals surface area contributed by atoms with Crippen molar-refractivity contribution in [3.05, 3.63) is 78.2 Å². The second-order valence-corrected chi connectivity index (χ2v) is 11.0. The maximum Gasteiger partial charge on any atom is 0.229 e. The van der Waals surface area contributed by atoms with Crippen molar-refractivity contribution in [2.75, 3.05) is 43.4 Å². The van der Waals surface area contributed by atoms with E-state index in [1.165, 1.54) is 5.56 Å². The van der Waals surface area contributed by atoms with E-state index >= 15 is 0 Å². The van der Waals surface area contributed by atoms with E-state index in [-0.39, 0.29) is 11.8 Å². The van der Waals surface area contributed by atoms with Crippen LogP contribution in [0.3, 0.4) is 0 Å². The van der Waals surface area contributed by atoms with Gasteiger partial charge in [0.15, 0.2) is 5.82 Å². The zero-order valence-electron chi connectivity index (χ0n) is 23.8. The Morgan fingerprint density at radius 1 is 0.952 bits per heavy atom. The fraction of sp³-hybridized carbons (Fsp3) is 0.355. The topological polar surface area (TPSA) is 133 Å². The van der Waals surface area contributed by atoms with Crippen molar-refractivity contribution >= 4 is 29.2 Å². The number of aromatic nitrogens is 5. The lowest BCUT2D eigenvalue weighted by Gasteiger charge is -2.33. The summed E-state index contributed by atoms with van der Waals surface area (Å²) >= 11 is 0. The largest absolute Gasteiger partial charge is 0.355 e. The number of hydrogen-bond donors (Lipinski definition) is 4. The number of nitrogens with one attached hydrogen (secondary N) is 4. The quantitative estimate of drug-likeness (QED) is 0.226. The standard InChI is InChI=1S/C31H36N10O/c1-21-4-2-6-26(36-21)29-33-13-11-27(39-29)38-28-12-14-34-31(40-28)37-25-9-7-22(8-10-25)19-41-15-3-5-24(20-41)30(42)35-18-23-16-32-17-23/h2,4,6-14,23-24,32H,3,5,15-20H2,1H3,(H,35,42)(H2,33,34,37,38,39,40). The van der Waals surface area contributed by atoms with E-state index in [0.29, 0.717) is 29.3 Å². The van der Waals surface area contributed by atoms with Crippen LogP contribution in [0, 0.1) is 18.8 Å². The van der Waals surface area contributed by atoms with Gasteiger partial charge in [-0.3, -0.25) is 9.69 Å². The molecule has 0 bridgehead atoms. The van der Waals surface area contributed by atoms with Crippen molar-refractivity contribution in [1.29, 1.82) is 0 Å².